The lowest BCUT2D eigenvalue weighted by molar-refractivity contribution is 0.0719. The fourth-order valence-corrected chi connectivity index (χ4v) is 3.40. The van der Waals surface area contributed by atoms with Gasteiger partial charge in [-0.05, 0) is 98.5 Å². The van der Waals surface area contributed by atoms with Gasteiger partial charge in [-0.1, -0.05) is 13.2 Å². The zero-order chi connectivity index (χ0) is 28.4. The second-order valence-corrected chi connectivity index (χ2v) is 8.49. The average Bonchev–Trinajstić information content (AvgIpc) is 2.98. The largest absolute Gasteiger partial charge is 0.502 e. The van der Waals surface area contributed by atoms with Gasteiger partial charge in [0.25, 0.3) is 0 Å². The highest BCUT2D eigenvalue weighted by Crippen LogP contribution is 2.21. The van der Waals surface area contributed by atoms with Crippen LogP contribution in [0.1, 0.15) is 46.4 Å². The number of ether oxygens (including phenoxy) is 6. The van der Waals surface area contributed by atoms with Crippen LogP contribution in [0.4, 0.5) is 0 Å². The summed E-state index contributed by atoms with van der Waals surface area (Å²) in [5.74, 6) is 0.962. The van der Waals surface area contributed by atoms with Crippen LogP contribution in [-0.4, -0.2) is 38.4 Å². The number of unbranched alkanes of at least 4 members (excludes halogenated alkanes) is 2. The molecule has 0 saturated heterocycles. The van der Waals surface area contributed by atoms with Gasteiger partial charge in [0.2, 0.25) is 0 Å². The second-order valence-electron chi connectivity index (χ2n) is 8.49. The molecule has 0 heterocycles. The molecule has 0 amide bonds. The molecule has 0 aliphatic heterocycles. The van der Waals surface area contributed by atoms with Gasteiger partial charge >= 0.3 is 11.9 Å². The number of carbonyl (C=O) groups is 2. The van der Waals surface area contributed by atoms with Crippen molar-refractivity contribution in [2.45, 2.75) is 25.7 Å². The first-order valence-electron chi connectivity index (χ1n) is 13.0. The molecule has 0 aliphatic carbocycles. The summed E-state index contributed by atoms with van der Waals surface area (Å²) in [6, 6.07) is 19.7. The van der Waals surface area contributed by atoms with E-state index in [2.05, 4.69) is 13.2 Å². The summed E-state index contributed by atoms with van der Waals surface area (Å²) in [5, 5.41) is 0. The fourth-order valence-electron chi connectivity index (χ4n) is 3.40. The molecule has 0 N–H and O–H groups in total. The van der Waals surface area contributed by atoms with Gasteiger partial charge in [-0.15, -0.1) is 0 Å². The van der Waals surface area contributed by atoms with Crippen molar-refractivity contribution in [2.24, 2.45) is 0 Å². The maximum absolute atomic E-state index is 12.5. The highest BCUT2D eigenvalue weighted by Gasteiger charge is 2.12. The SMILES string of the molecule is C=COCCCCOc1ccc(C(=O)Oc2ccc(OC(=O)c3ccc(OCCCCOC=C)cc3)cc2)cc1. The van der Waals surface area contributed by atoms with E-state index in [0.717, 1.165) is 25.7 Å². The Kier molecular flexibility index (Phi) is 12.7. The van der Waals surface area contributed by atoms with Crippen LogP contribution < -0.4 is 18.9 Å². The summed E-state index contributed by atoms with van der Waals surface area (Å²) in [5.41, 5.74) is 0.771. The molecule has 0 saturated carbocycles. The van der Waals surface area contributed by atoms with E-state index in [9.17, 15) is 9.59 Å². The third-order valence-electron chi connectivity index (χ3n) is 5.51. The lowest BCUT2D eigenvalue weighted by Crippen LogP contribution is -2.10. The molecule has 0 spiro atoms. The van der Waals surface area contributed by atoms with E-state index in [-0.39, 0.29) is 0 Å². The smallest absolute Gasteiger partial charge is 0.343 e. The Morgan fingerprint density at radius 1 is 0.500 bits per heavy atom. The Balaban J connectivity index is 1.41. The Morgan fingerprint density at radius 3 is 1.18 bits per heavy atom. The highest BCUT2D eigenvalue weighted by atomic mass is 16.5. The average molecular weight is 547 g/mol. The van der Waals surface area contributed by atoms with Crippen molar-refractivity contribution in [2.75, 3.05) is 26.4 Å². The first-order chi connectivity index (χ1) is 19.6. The van der Waals surface area contributed by atoms with E-state index in [0.29, 0.717) is 60.6 Å². The highest BCUT2D eigenvalue weighted by molar-refractivity contribution is 5.92. The van der Waals surface area contributed by atoms with Crippen LogP contribution in [0.5, 0.6) is 23.0 Å². The molecular formula is C32H34O8. The summed E-state index contributed by atoms with van der Waals surface area (Å²) < 4.78 is 32.3. The zero-order valence-corrected chi connectivity index (χ0v) is 22.4. The van der Waals surface area contributed by atoms with Crippen molar-refractivity contribution in [3.05, 3.63) is 110 Å². The quantitative estimate of drug-likeness (QED) is 0.0748. The molecule has 0 bridgehead atoms. The topological polar surface area (TPSA) is 89.5 Å². The number of esters is 2. The van der Waals surface area contributed by atoms with Crippen molar-refractivity contribution in [1.82, 2.24) is 0 Å². The molecule has 0 atom stereocenters. The first-order valence-corrected chi connectivity index (χ1v) is 13.0. The van der Waals surface area contributed by atoms with Crippen molar-refractivity contribution in [3.8, 4) is 23.0 Å². The minimum absolute atomic E-state index is 0.324. The molecule has 0 unspecified atom stereocenters. The van der Waals surface area contributed by atoms with Crippen LogP contribution in [0.25, 0.3) is 0 Å². The molecule has 0 radical (unpaired) electrons. The Hall–Kier alpha value is -4.72. The predicted octanol–water partition coefficient (Wildman–Crippen LogP) is 6.76. The van der Waals surface area contributed by atoms with E-state index in [1.165, 1.54) is 12.5 Å². The third kappa shape index (κ3) is 10.6. The second kappa shape index (κ2) is 17.0. The van der Waals surface area contributed by atoms with Crippen LogP contribution >= 0.6 is 0 Å². The van der Waals surface area contributed by atoms with Crippen LogP contribution in [0.3, 0.4) is 0 Å². The van der Waals surface area contributed by atoms with Gasteiger partial charge in [-0.25, -0.2) is 9.59 Å². The molecule has 8 nitrogen and oxygen atoms in total. The molecule has 0 fully saturated rings. The molecule has 3 rings (SSSR count). The number of hydrogen-bond donors (Lipinski definition) is 0. The molecule has 210 valence electrons. The van der Waals surface area contributed by atoms with E-state index in [4.69, 9.17) is 28.4 Å². The standard InChI is InChI=1S/C32H34O8/c1-3-35-21-5-7-23-37-27-13-9-25(10-14-27)31(33)39-29-17-19-30(20-18-29)40-32(34)26-11-15-28(16-12-26)38-24-8-6-22-36-4-2/h3-4,9-20H,1-2,5-8,21-24H2. The lowest BCUT2D eigenvalue weighted by atomic mass is 10.2. The predicted molar refractivity (Wildman–Crippen MR) is 151 cm³/mol. The Labute approximate surface area is 234 Å². The summed E-state index contributed by atoms with van der Waals surface area (Å²) >= 11 is 0. The number of rotatable bonds is 18. The molecular weight excluding hydrogens is 512 g/mol. The molecule has 0 aromatic heterocycles. The maximum Gasteiger partial charge on any atom is 0.343 e. The van der Waals surface area contributed by atoms with Gasteiger partial charge in [-0.2, -0.15) is 0 Å². The van der Waals surface area contributed by atoms with Crippen LogP contribution in [0.15, 0.2) is 98.5 Å². The number of benzene rings is 3. The lowest BCUT2D eigenvalue weighted by Gasteiger charge is -2.09. The molecule has 3 aromatic rings. The summed E-state index contributed by atoms with van der Waals surface area (Å²) in [7, 11) is 0. The first kappa shape index (κ1) is 29.8. The summed E-state index contributed by atoms with van der Waals surface area (Å²) in [6.45, 7) is 9.32. The normalized spacial score (nSPS) is 10.2. The van der Waals surface area contributed by atoms with Gasteiger partial charge in [-0.3, -0.25) is 0 Å². The maximum atomic E-state index is 12.5. The molecule has 3 aromatic carbocycles. The molecule has 0 aliphatic rings. The van der Waals surface area contributed by atoms with Crippen molar-refractivity contribution in [1.29, 1.82) is 0 Å². The Morgan fingerprint density at radius 2 is 0.825 bits per heavy atom. The zero-order valence-electron chi connectivity index (χ0n) is 22.4. The van der Waals surface area contributed by atoms with Gasteiger partial charge in [0.1, 0.15) is 23.0 Å². The van der Waals surface area contributed by atoms with Crippen LogP contribution in [-0.2, 0) is 9.47 Å². The minimum atomic E-state index is -0.509. The Bertz CT molecular complexity index is 1100. The van der Waals surface area contributed by atoms with Crippen molar-refractivity contribution in [3.63, 3.8) is 0 Å². The fraction of sp³-hybridized carbons (Fsp3) is 0.250. The molecule has 40 heavy (non-hydrogen) atoms. The van der Waals surface area contributed by atoms with Gasteiger partial charge < -0.3 is 28.4 Å². The van der Waals surface area contributed by atoms with Gasteiger partial charge in [0.05, 0.1) is 50.1 Å². The number of carbonyl (C=O) groups excluding carboxylic acids is 2. The third-order valence-corrected chi connectivity index (χ3v) is 5.51. The van der Waals surface area contributed by atoms with E-state index < -0.39 is 11.9 Å². The molecule has 8 heteroatoms. The monoisotopic (exact) mass is 546 g/mol. The van der Waals surface area contributed by atoms with Gasteiger partial charge in [0.15, 0.2) is 0 Å². The van der Waals surface area contributed by atoms with Crippen molar-refractivity contribution >= 4 is 11.9 Å². The van der Waals surface area contributed by atoms with E-state index in [1.54, 1.807) is 72.8 Å². The summed E-state index contributed by atoms with van der Waals surface area (Å²) in [4.78, 5) is 25.0. The van der Waals surface area contributed by atoms with Gasteiger partial charge in [0, 0.05) is 0 Å². The van der Waals surface area contributed by atoms with Crippen LogP contribution in [0, 0.1) is 0 Å². The van der Waals surface area contributed by atoms with Crippen LogP contribution in [0.2, 0.25) is 0 Å². The number of hydrogen-bond acceptors (Lipinski definition) is 8. The van der Waals surface area contributed by atoms with Crippen molar-refractivity contribution < 1.29 is 38.0 Å². The summed E-state index contributed by atoms with van der Waals surface area (Å²) in [6.07, 6.45) is 6.27. The minimum Gasteiger partial charge on any atom is -0.502 e. The van der Waals surface area contributed by atoms with E-state index in [1.807, 2.05) is 0 Å². The van der Waals surface area contributed by atoms with E-state index >= 15 is 0 Å².